The summed E-state index contributed by atoms with van der Waals surface area (Å²) in [5.41, 5.74) is 3.45. The van der Waals surface area contributed by atoms with E-state index in [1.165, 1.54) is 5.69 Å². The first-order chi connectivity index (χ1) is 13.1. The molecule has 0 saturated heterocycles. The van der Waals surface area contributed by atoms with Crippen molar-refractivity contribution in [1.29, 1.82) is 0 Å². The van der Waals surface area contributed by atoms with Gasteiger partial charge < -0.3 is 14.4 Å². The molecule has 0 aliphatic carbocycles. The van der Waals surface area contributed by atoms with Crippen LogP contribution in [0.2, 0.25) is 0 Å². The second-order valence-corrected chi connectivity index (χ2v) is 6.18. The minimum atomic E-state index is -0.0407. The van der Waals surface area contributed by atoms with Crippen LogP contribution in [-0.4, -0.2) is 33.1 Å². The third-order valence-corrected chi connectivity index (χ3v) is 4.69. The molecule has 0 unspecified atom stereocenters. The molecule has 4 heteroatoms. The summed E-state index contributed by atoms with van der Waals surface area (Å²) in [5, 5.41) is 0. The van der Waals surface area contributed by atoms with E-state index >= 15 is 0 Å². The number of anilines is 1. The van der Waals surface area contributed by atoms with Gasteiger partial charge in [0, 0.05) is 24.4 Å². The fraction of sp³-hybridized carbons (Fsp3) is 0.348. The second-order valence-electron chi connectivity index (χ2n) is 6.18. The van der Waals surface area contributed by atoms with Gasteiger partial charge in [-0.15, -0.1) is 0 Å². The predicted octanol–water partition coefficient (Wildman–Crippen LogP) is 5.23. The van der Waals surface area contributed by atoms with E-state index in [2.05, 4.69) is 43.0 Å². The number of nitrogens with zero attached hydrogens (tertiary/aromatic N) is 1. The number of rotatable bonds is 9. The van der Waals surface area contributed by atoms with Crippen LogP contribution in [0, 0.1) is 0 Å². The molecule has 2 aromatic rings. The Balaban J connectivity index is 2.34. The fourth-order valence-corrected chi connectivity index (χ4v) is 3.06. The molecule has 0 heterocycles. The number of ketones is 1. The molecule has 144 valence electrons. The van der Waals surface area contributed by atoms with E-state index in [1.54, 1.807) is 32.4 Å². The van der Waals surface area contributed by atoms with Crippen molar-refractivity contribution in [2.24, 2.45) is 0 Å². The maximum absolute atomic E-state index is 13.1. The SMILES string of the molecule is CC/C(=C\c1ccc(N(CC)CC)cc1)C(=O)c1cc(OC)ccc1OC. The number of carbonyl (C=O) groups excluding carboxylic acids is 1. The molecule has 0 aromatic heterocycles. The summed E-state index contributed by atoms with van der Waals surface area (Å²) in [6.45, 7) is 8.22. The minimum Gasteiger partial charge on any atom is -0.497 e. The summed E-state index contributed by atoms with van der Waals surface area (Å²) >= 11 is 0. The number of carbonyl (C=O) groups is 1. The van der Waals surface area contributed by atoms with E-state index in [0.29, 0.717) is 23.5 Å². The van der Waals surface area contributed by atoms with Crippen LogP contribution in [0.5, 0.6) is 11.5 Å². The third-order valence-electron chi connectivity index (χ3n) is 4.69. The van der Waals surface area contributed by atoms with Crippen molar-refractivity contribution in [1.82, 2.24) is 0 Å². The van der Waals surface area contributed by atoms with Gasteiger partial charge in [-0.3, -0.25) is 4.79 Å². The number of hydrogen-bond donors (Lipinski definition) is 0. The lowest BCUT2D eigenvalue weighted by Crippen LogP contribution is -2.21. The monoisotopic (exact) mass is 367 g/mol. The van der Waals surface area contributed by atoms with Gasteiger partial charge in [0.05, 0.1) is 19.8 Å². The molecule has 0 saturated carbocycles. The van der Waals surface area contributed by atoms with Crippen LogP contribution in [0.1, 0.15) is 43.1 Å². The quantitative estimate of drug-likeness (QED) is 0.449. The van der Waals surface area contributed by atoms with Gasteiger partial charge in [0.15, 0.2) is 5.78 Å². The molecule has 0 N–H and O–H groups in total. The van der Waals surface area contributed by atoms with E-state index in [1.807, 2.05) is 13.0 Å². The third kappa shape index (κ3) is 4.91. The second kappa shape index (κ2) is 9.81. The van der Waals surface area contributed by atoms with E-state index < -0.39 is 0 Å². The van der Waals surface area contributed by atoms with E-state index in [9.17, 15) is 4.79 Å². The van der Waals surface area contributed by atoms with Crippen molar-refractivity contribution in [3.8, 4) is 11.5 Å². The van der Waals surface area contributed by atoms with E-state index in [-0.39, 0.29) is 5.78 Å². The highest BCUT2D eigenvalue weighted by atomic mass is 16.5. The van der Waals surface area contributed by atoms with Crippen LogP contribution in [0.3, 0.4) is 0 Å². The lowest BCUT2D eigenvalue weighted by atomic mass is 9.98. The van der Waals surface area contributed by atoms with Gasteiger partial charge in [0.25, 0.3) is 0 Å². The van der Waals surface area contributed by atoms with Crippen molar-refractivity contribution >= 4 is 17.5 Å². The number of hydrogen-bond acceptors (Lipinski definition) is 4. The molecule has 0 aliphatic rings. The molecular formula is C23H29NO3. The lowest BCUT2D eigenvalue weighted by molar-refractivity contribution is 0.102. The van der Waals surface area contributed by atoms with Gasteiger partial charge in [-0.1, -0.05) is 19.1 Å². The zero-order valence-electron chi connectivity index (χ0n) is 16.9. The van der Waals surface area contributed by atoms with Gasteiger partial charge in [-0.25, -0.2) is 0 Å². The molecule has 27 heavy (non-hydrogen) atoms. The average molecular weight is 367 g/mol. The van der Waals surface area contributed by atoms with Crippen molar-refractivity contribution < 1.29 is 14.3 Å². The van der Waals surface area contributed by atoms with Gasteiger partial charge in [-0.2, -0.15) is 0 Å². The Bertz CT molecular complexity index is 790. The molecule has 0 amide bonds. The zero-order valence-corrected chi connectivity index (χ0v) is 16.9. The number of methoxy groups -OCH3 is 2. The standard InChI is InChI=1S/C23H29NO3/c1-6-18(15-17-9-11-19(12-10-17)24(7-2)8-3)23(25)21-16-20(26-4)13-14-22(21)27-5/h9-16H,6-8H2,1-5H3/b18-15+. The van der Waals surface area contributed by atoms with Crippen LogP contribution >= 0.6 is 0 Å². The Morgan fingerprint density at radius 2 is 1.63 bits per heavy atom. The highest BCUT2D eigenvalue weighted by Crippen LogP contribution is 2.28. The highest BCUT2D eigenvalue weighted by molar-refractivity contribution is 6.13. The van der Waals surface area contributed by atoms with Crippen LogP contribution < -0.4 is 14.4 Å². The molecule has 0 aliphatic heterocycles. The maximum atomic E-state index is 13.1. The van der Waals surface area contributed by atoms with Gasteiger partial charge in [-0.05, 0) is 62.2 Å². The molecule has 0 radical (unpaired) electrons. The number of allylic oxidation sites excluding steroid dienone is 1. The first kappa shape index (κ1) is 20.6. The number of ether oxygens (including phenoxy) is 2. The molecule has 2 rings (SSSR count). The first-order valence-electron chi connectivity index (χ1n) is 9.40. The Morgan fingerprint density at radius 3 is 2.15 bits per heavy atom. The zero-order chi connectivity index (χ0) is 19.8. The first-order valence-corrected chi connectivity index (χ1v) is 9.40. The summed E-state index contributed by atoms with van der Waals surface area (Å²) in [6, 6.07) is 13.6. The summed E-state index contributed by atoms with van der Waals surface area (Å²) < 4.78 is 10.6. The summed E-state index contributed by atoms with van der Waals surface area (Å²) in [5.74, 6) is 1.15. The fourth-order valence-electron chi connectivity index (χ4n) is 3.06. The van der Waals surface area contributed by atoms with Crippen LogP contribution in [-0.2, 0) is 0 Å². The normalized spacial score (nSPS) is 11.2. The van der Waals surface area contributed by atoms with Gasteiger partial charge in [0.1, 0.15) is 11.5 Å². The average Bonchev–Trinajstić information content (AvgIpc) is 2.72. The van der Waals surface area contributed by atoms with Crippen LogP contribution in [0.25, 0.3) is 6.08 Å². The minimum absolute atomic E-state index is 0.0407. The molecule has 0 bridgehead atoms. The smallest absolute Gasteiger partial charge is 0.192 e. The Hall–Kier alpha value is -2.75. The predicted molar refractivity (Wildman–Crippen MR) is 112 cm³/mol. The highest BCUT2D eigenvalue weighted by Gasteiger charge is 2.17. The van der Waals surface area contributed by atoms with E-state index in [0.717, 1.165) is 24.2 Å². The number of Topliss-reactive ketones (excluding diaryl/α,β-unsaturated/α-hetero) is 1. The topological polar surface area (TPSA) is 38.8 Å². The Labute approximate surface area is 162 Å². The summed E-state index contributed by atoms with van der Waals surface area (Å²) in [4.78, 5) is 15.4. The van der Waals surface area contributed by atoms with Crippen LogP contribution in [0.4, 0.5) is 5.69 Å². The Morgan fingerprint density at radius 1 is 0.963 bits per heavy atom. The summed E-state index contributed by atoms with van der Waals surface area (Å²) in [7, 11) is 3.16. The van der Waals surface area contributed by atoms with Crippen molar-refractivity contribution in [3.63, 3.8) is 0 Å². The van der Waals surface area contributed by atoms with Crippen molar-refractivity contribution in [2.75, 3.05) is 32.2 Å². The maximum Gasteiger partial charge on any atom is 0.192 e. The van der Waals surface area contributed by atoms with Crippen molar-refractivity contribution in [2.45, 2.75) is 27.2 Å². The van der Waals surface area contributed by atoms with E-state index in [4.69, 9.17) is 9.47 Å². The molecule has 0 atom stereocenters. The van der Waals surface area contributed by atoms with Crippen LogP contribution in [0.15, 0.2) is 48.0 Å². The molecule has 0 spiro atoms. The van der Waals surface area contributed by atoms with Gasteiger partial charge in [0.2, 0.25) is 0 Å². The largest absolute Gasteiger partial charge is 0.497 e. The molecule has 0 fully saturated rings. The lowest BCUT2D eigenvalue weighted by Gasteiger charge is -2.21. The molecule has 4 nitrogen and oxygen atoms in total. The van der Waals surface area contributed by atoms with Crippen molar-refractivity contribution in [3.05, 3.63) is 59.2 Å². The Kier molecular flexibility index (Phi) is 7.47. The molecular weight excluding hydrogens is 338 g/mol. The molecule has 2 aromatic carbocycles. The van der Waals surface area contributed by atoms with Gasteiger partial charge >= 0.3 is 0 Å². The summed E-state index contributed by atoms with van der Waals surface area (Å²) in [6.07, 6.45) is 2.59. The number of benzene rings is 2.